The lowest BCUT2D eigenvalue weighted by Gasteiger charge is -2.19. The van der Waals surface area contributed by atoms with Crippen LogP contribution in [0.2, 0.25) is 0 Å². The topological polar surface area (TPSA) is 120 Å². The number of nitrogens with zero attached hydrogens (tertiary/aromatic N) is 5. The number of aromatic amines is 1. The van der Waals surface area contributed by atoms with Crippen LogP contribution in [0.1, 0.15) is 22.1 Å². The minimum absolute atomic E-state index is 0.119. The number of hydrogen-bond donors (Lipinski definition) is 2. The van der Waals surface area contributed by atoms with E-state index in [-0.39, 0.29) is 16.9 Å². The van der Waals surface area contributed by atoms with E-state index in [0.29, 0.717) is 34.3 Å². The van der Waals surface area contributed by atoms with Gasteiger partial charge in [0.2, 0.25) is 5.91 Å². The van der Waals surface area contributed by atoms with Gasteiger partial charge in [0.25, 0.3) is 0 Å². The van der Waals surface area contributed by atoms with E-state index in [0.717, 1.165) is 16.8 Å². The lowest BCUT2D eigenvalue weighted by molar-refractivity contribution is -0.113. The minimum atomic E-state index is -0.202. The van der Waals surface area contributed by atoms with E-state index in [2.05, 4.69) is 25.3 Å². The van der Waals surface area contributed by atoms with E-state index in [9.17, 15) is 4.79 Å². The van der Waals surface area contributed by atoms with Crippen molar-refractivity contribution in [2.45, 2.75) is 12.2 Å². The van der Waals surface area contributed by atoms with Crippen molar-refractivity contribution in [3.63, 3.8) is 0 Å². The van der Waals surface area contributed by atoms with Crippen LogP contribution in [0.5, 0.6) is 11.5 Å². The summed E-state index contributed by atoms with van der Waals surface area (Å²) in [5, 5.41) is 7.53. The van der Waals surface area contributed by atoms with Gasteiger partial charge >= 0.3 is 0 Å². The highest BCUT2D eigenvalue weighted by molar-refractivity contribution is 8.00. The number of rotatable bonds is 4. The van der Waals surface area contributed by atoms with Crippen molar-refractivity contribution in [1.82, 2.24) is 29.7 Å². The van der Waals surface area contributed by atoms with Crippen molar-refractivity contribution in [2.75, 3.05) is 25.3 Å². The SMILES string of the molecule is COc1ccc(OC)c(C2SCC(=O)Nc3c2c(C)nn3-c2ncnc3nc[nH]c23)c1. The molecular formula is C20H19N7O3S. The van der Waals surface area contributed by atoms with Crippen molar-refractivity contribution in [3.05, 3.63) is 47.7 Å². The molecule has 0 radical (unpaired) electrons. The largest absolute Gasteiger partial charge is 0.497 e. The fourth-order valence-electron chi connectivity index (χ4n) is 3.74. The van der Waals surface area contributed by atoms with Crippen LogP contribution in [-0.2, 0) is 4.79 Å². The van der Waals surface area contributed by atoms with Crippen LogP contribution in [0.25, 0.3) is 17.0 Å². The molecule has 4 aromatic rings. The average Bonchev–Trinajstić information content (AvgIpc) is 3.34. The summed E-state index contributed by atoms with van der Waals surface area (Å²) in [6.45, 7) is 1.92. The molecule has 11 heteroatoms. The summed E-state index contributed by atoms with van der Waals surface area (Å²) in [5.74, 6) is 2.66. The number of carbonyl (C=O) groups is 1. The molecule has 0 aliphatic carbocycles. The Morgan fingerprint density at radius 3 is 2.87 bits per heavy atom. The van der Waals surface area contributed by atoms with Gasteiger partial charge in [-0.3, -0.25) is 4.79 Å². The Hall–Kier alpha value is -3.60. The van der Waals surface area contributed by atoms with Crippen LogP contribution in [0.4, 0.5) is 5.82 Å². The fourth-order valence-corrected chi connectivity index (χ4v) is 4.94. The lowest BCUT2D eigenvalue weighted by Crippen LogP contribution is -2.16. The van der Waals surface area contributed by atoms with E-state index in [1.165, 1.54) is 18.1 Å². The van der Waals surface area contributed by atoms with Crippen LogP contribution in [0.15, 0.2) is 30.9 Å². The predicted molar refractivity (Wildman–Crippen MR) is 116 cm³/mol. The van der Waals surface area contributed by atoms with Gasteiger partial charge in [0.15, 0.2) is 11.5 Å². The molecule has 1 amide bonds. The number of hydrogen-bond acceptors (Lipinski definition) is 8. The van der Waals surface area contributed by atoms with Crippen molar-refractivity contribution in [2.24, 2.45) is 0 Å². The Morgan fingerprint density at radius 2 is 2.06 bits per heavy atom. The van der Waals surface area contributed by atoms with Crippen LogP contribution < -0.4 is 14.8 Å². The molecule has 1 unspecified atom stereocenters. The average molecular weight is 437 g/mol. The third-order valence-corrected chi connectivity index (χ3v) is 6.38. The first-order valence-corrected chi connectivity index (χ1v) is 10.5. The van der Waals surface area contributed by atoms with E-state index >= 15 is 0 Å². The smallest absolute Gasteiger partial charge is 0.235 e. The maximum absolute atomic E-state index is 12.6. The standard InChI is InChI=1S/C20H19N7O3S/c1-10-15-17(12-6-11(29-2)4-5-13(12)30-3)31-7-14(28)25-19(15)27(26-10)20-16-18(22-8-21-16)23-9-24-20/h4-6,8-9,17H,7H2,1-3H3,(H,25,28)(H,21,22,23,24). The molecule has 31 heavy (non-hydrogen) atoms. The number of methoxy groups -OCH3 is 2. The molecule has 3 aromatic heterocycles. The quantitative estimate of drug-likeness (QED) is 0.500. The van der Waals surface area contributed by atoms with Gasteiger partial charge in [-0.25, -0.2) is 15.0 Å². The predicted octanol–water partition coefficient (Wildman–Crippen LogP) is 2.64. The van der Waals surface area contributed by atoms with Gasteiger partial charge in [0, 0.05) is 11.1 Å². The van der Waals surface area contributed by atoms with E-state index in [1.807, 2.05) is 25.1 Å². The number of fused-ring (bicyclic) bond motifs is 2. The molecule has 2 N–H and O–H groups in total. The zero-order valence-corrected chi connectivity index (χ0v) is 17.9. The number of amides is 1. The number of ether oxygens (including phenoxy) is 2. The van der Waals surface area contributed by atoms with Crippen LogP contribution in [0, 0.1) is 6.92 Å². The Bertz CT molecular complexity index is 1300. The number of aromatic nitrogens is 6. The summed E-state index contributed by atoms with van der Waals surface area (Å²) in [6.07, 6.45) is 2.98. The molecule has 10 nitrogen and oxygen atoms in total. The number of nitrogens with one attached hydrogen (secondary N) is 2. The van der Waals surface area contributed by atoms with Gasteiger partial charge < -0.3 is 19.8 Å². The first-order valence-electron chi connectivity index (χ1n) is 9.48. The number of thioether (sulfide) groups is 1. The molecule has 5 rings (SSSR count). The van der Waals surface area contributed by atoms with E-state index in [4.69, 9.17) is 14.6 Å². The van der Waals surface area contributed by atoms with Crippen LogP contribution in [0.3, 0.4) is 0 Å². The first kappa shape index (κ1) is 19.4. The summed E-state index contributed by atoms with van der Waals surface area (Å²) in [7, 11) is 3.25. The number of benzene rings is 1. The number of H-pyrrole nitrogens is 1. The molecule has 4 heterocycles. The van der Waals surface area contributed by atoms with Gasteiger partial charge in [-0.1, -0.05) is 0 Å². The van der Waals surface area contributed by atoms with Crippen molar-refractivity contribution >= 4 is 34.7 Å². The Balaban J connectivity index is 1.74. The van der Waals surface area contributed by atoms with Crippen molar-refractivity contribution in [1.29, 1.82) is 0 Å². The molecule has 1 atom stereocenters. The molecule has 158 valence electrons. The maximum Gasteiger partial charge on any atom is 0.235 e. The number of anilines is 1. The minimum Gasteiger partial charge on any atom is -0.497 e. The number of imidazole rings is 1. The molecule has 0 saturated heterocycles. The molecule has 1 aromatic carbocycles. The second-order valence-electron chi connectivity index (χ2n) is 6.91. The highest BCUT2D eigenvalue weighted by atomic mass is 32.2. The van der Waals surface area contributed by atoms with Gasteiger partial charge in [0.1, 0.15) is 29.2 Å². The summed E-state index contributed by atoms with van der Waals surface area (Å²) in [5.41, 5.74) is 3.71. The van der Waals surface area contributed by atoms with Crippen molar-refractivity contribution in [3.8, 4) is 17.3 Å². The highest BCUT2D eigenvalue weighted by Gasteiger charge is 2.33. The third-order valence-electron chi connectivity index (χ3n) is 5.13. The Labute approximate surface area is 181 Å². The molecule has 0 fully saturated rings. The molecule has 1 aliphatic rings. The summed E-state index contributed by atoms with van der Waals surface area (Å²) < 4.78 is 12.7. The highest BCUT2D eigenvalue weighted by Crippen LogP contribution is 2.47. The molecule has 0 spiro atoms. The van der Waals surface area contributed by atoms with Crippen LogP contribution >= 0.6 is 11.8 Å². The van der Waals surface area contributed by atoms with Crippen molar-refractivity contribution < 1.29 is 14.3 Å². The lowest BCUT2D eigenvalue weighted by atomic mass is 10.0. The second kappa shape index (κ2) is 7.58. The summed E-state index contributed by atoms with van der Waals surface area (Å²) in [4.78, 5) is 28.4. The normalized spacial score (nSPS) is 16.0. The van der Waals surface area contributed by atoms with Gasteiger partial charge in [0.05, 0.1) is 37.2 Å². The Kier molecular flexibility index (Phi) is 4.74. The summed E-state index contributed by atoms with van der Waals surface area (Å²) >= 11 is 1.51. The maximum atomic E-state index is 12.6. The third kappa shape index (κ3) is 3.17. The van der Waals surface area contributed by atoms with E-state index < -0.39 is 0 Å². The second-order valence-corrected chi connectivity index (χ2v) is 8.00. The van der Waals surface area contributed by atoms with Crippen LogP contribution in [-0.4, -0.2) is 55.6 Å². The number of carbonyl (C=O) groups excluding carboxylic acids is 1. The molecule has 0 bridgehead atoms. The fraction of sp³-hybridized carbons (Fsp3) is 0.250. The monoisotopic (exact) mass is 437 g/mol. The first-order chi connectivity index (χ1) is 15.1. The van der Waals surface area contributed by atoms with Gasteiger partial charge in [-0.15, -0.1) is 11.8 Å². The van der Waals surface area contributed by atoms with Gasteiger partial charge in [-0.2, -0.15) is 9.78 Å². The molecular weight excluding hydrogens is 418 g/mol. The molecule has 0 saturated carbocycles. The summed E-state index contributed by atoms with van der Waals surface area (Å²) in [6, 6.07) is 5.65. The van der Waals surface area contributed by atoms with E-state index in [1.54, 1.807) is 25.2 Å². The number of aryl methyl sites for hydroxylation is 1. The molecule has 1 aliphatic heterocycles. The Morgan fingerprint density at radius 1 is 1.19 bits per heavy atom. The van der Waals surface area contributed by atoms with Gasteiger partial charge in [-0.05, 0) is 25.1 Å². The zero-order valence-electron chi connectivity index (χ0n) is 17.0. The zero-order chi connectivity index (χ0) is 21.5.